The smallest absolute Gasteiger partial charge is 0.314 e. The maximum absolute atomic E-state index is 11.1. The van der Waals surface area contributed by atoms with Gasteiger partial charge in [0.2, 0.25) is 0 Å². The first-order valence-corrected chi connectivity index (χ1v) is 5.21. The molecule has 0 fully saturated rings. The van der Waals surface area contributed by atoms with Crippen molar-refractivity contribution >= 4 is 6.03 Å². The summed E-state index contributed by atoms with van der Waals surface area (Å²) in [5.74, 6) is 0. The van der Waals surface area contributed by atoms with Crippen LogP contribution in [0.3, 0.4) is 0 Å². The summed E-state index contributed by atoms with van der Waals surface area (Å²) in [7, 11) is 0. The second kappa shape index (κ2) is 7.90. The molecule has 0 spiro atoms. The van der Waals surface area contributed by atoms with Crippen LogP contribution in [0.2, 0.25) is 0 Å². The van der Waals surface area contributed by atoms with E-state index in [4.69, 9.17) is 0 Å². The number of hydrogen-bond acceptors (Lipinski definition) is 1. The summed E-state index contributed by atoms with van der Waals surface area (Å²) in [6.07, 6.45) is 4.78. The molecule has 0 aromatic heterocycles. The van der Waals surface area contributed by atoms with Crippen molar-refractivity contribution in [3.05, 3.63) is 0 Å². The minimum atomic E-state index is -0.0495. The van der Waals surface area contributed by atoms with Crippen LogP contribution < -0.4 is 10.6 Å². The van der Waals surface area contributed by atoms with E-state index in [0.717, 1.165) is 13.0 Å². The van der Waals surface area contributed by atoms with Gasteiger partial charge < -0.3 is 10.6 Å². The number of carbonyl (C=O) groups excluding carboxylic acids is 1. The summed E-state index contributed by atoms with van der Waals surface area (Å²) in [5, 5.41) is 5.61. The number of carbonyl (C=O) groups is 1. The molecule has 0 saturated carbocycles. The Labute approximate surface area is 81.3 Å². The highest BCUT2D eigenvalue weighted by atomic mass is 16.2. The molecule has 13 heavy (non-hydrogen) atoms. The van der Waals surface area contributed by atoms with Gasteiger partial charge in [0.1, 0.15) is 0 Å². The summed E-state index contributed by atoms with van der Waals surface area (Å²) in [4.78, 5) is 11.1. The van der Waals surface area contributed by atoms with E-state index < -0.39 is 0 Å². The maximum Gasteiger partial charge on any atom is 0.314 e. The number of amides is 2. The second-order valence-corrected chi connectivity index (χ2v) is 3.62. The lowest BCUT2D eigenvalue weighted by Crippen LogP contribution is -2.39. The van der Waals surface area contributed by atoms with E-state index in [1.807, 2.05) is 13.8 Å². The Morgan fingerprint density at radius 1 is 1.23 bits per heavy atom. The first-order valence-electron chi connectivity index (χ1n) is 5.21. The molecule has 0 aromatic rings. The van der Waals surface area contributed by atoms with Gasteiger partial charge in [-0.1, -0.05) is 26.2 Å². The fourth-order valence-electron chi connectivity index (χ4n) is 1.07. The molecule has 78 valence electrons. The first-order chi connectivity index (χ1) is 6.16. The van der Waals surface area contributed by atoms with E-state index >= 15 is 0 Å². The molecule has 0 saturated heterocycles. The molecule has 0 radical (unpaired) electrons. The predicted molar refractivity (Wildman–Crippen MR) is 55.8 cm³/mol. The SMILES string of the molecule is CCCCCCNC(=O)NC(C)C. The standard InChI is InChI=1S/C10H22N2O/c1-4-5-6-7-8-11-10(13)12-9(2)3/h9H,4-8H2,1-3H3,(H2,11,12,13). The summed E-state index contributed by atoms with van der Waals surface area (Å²) >= 11 is 0. The molecule has 0 aliphatic carbocycles. The highest BCUT2D eigenvalue weighted by Gasteiger charge is 1.99. The van der Waals surface area contributed by atoms with Crippen LogP contribution in [0.5, 0.6) is 0 Å². The van der Waals surface area contributed by atoms with E-state index in [-0.39, 0.29) is 12.1 Å². The molecule has 3 heteroatoms. The Bertz CT molecular complexity index is 135. The van der Waals surface area contributed by atoms with Gasteiger partial charge in [-0.3, -0.25) is 0 Å². The third-order valence-corrected chi connectivity index (χ3v) is 1.74. The van der Waals surface area contributed by atoms with Crippen LogP contribution in [0.15, 0.2) is 0 Å². The van der Waals surface area contributed by atoms with Crippen molar-refractivity contribution in [2.75, 3.05) is 6.54 Å². The quantitative estimate of drug-likeness (QED) is 0.614. The number of nitrogens with one attached hydrogen (secondary N) is 2. The summed E-state index contributed by atoms with van der Waals surface area (Å²) in [6, 6.07) is 0.169. The maximum atomic E-state index is 11.1. The van der Waals surface area contributed by atoms with Crippen LogP contribution in [0.25, 0.3) is 0 Å². The third-order valence-electron chi connectivity index (χ3n) is 1.74. The van der Waals surface area contributed by atoms with Gasteiger partial charge in [0, 0.05) is 12.6 Å². The number of rotatable bonds is 6. The Kier molecular flexibility index (Phi) is 7.45. The molecule has 3 nitrogen and oxygen atoms in total. The van der Waals surface area contributed by atoms with Crippen LogP contribution in [0.1, 0.15) is 46.5 Å². The van der Waals surface area contributed by atoms with E-state index in [1.165, 1.54) is 19.3 Å². The topological polar surface area (TPSA) is 41.1 Å². The van der Waals surface area contributed by atoms with Crippen molar-refractivity contribution in [1.29, 1.82) is 0 Å². The van der Waals surface area contributed by atoms with Crippen molar-refractivity contribution in [1.82, 2.24) is 10.6 Å². The Balaban J connectivity index is 3.17. The van der Waals surface area contributed by atoms with Crippen LogP contribution in [-0.2, 0) is 0 Å². The Hall–Kier alpha value is -0.730. The zero-order chi connectivity index (χ0) is 10.1. The second-order valence-electron chi connectivity index (χ2n) is 3.62. The summed E-state index contributed by atoms with van der Waals surface area (Å²) < 4.78 is 0. The fraction of sp³-hybridized carbons (Fsp3) is 0.900. The molecule has 0 heterocycles. The van der Waals surface area contributed by atoms with Crippen molar-refractivity contribution in [3.8, 4) is 0 Å². The van der Waals surface area contributed by atoms with Crippen LogP contribution in [-0.4, -0.2) is 18.6 Å². The van der Waals surface area contributed by atoms with E-state index in [1.54, 1.807) is 0 Å². The average molecular weight is 186 g/mol. The summed E-state index contributed by atoms with van der Waals surface area (Å²) in [5.41, 5.74) is 0. The zero-order valence-electron chi connectivity index (χ0n) is 9.02. The summed E-state index contributed by atoms with van der Waals surface area (Å²) in [6.45, 7) is 6.88. The van der Waals surface area contributed by atoms with E-state index in [9.17, 15) is 4.79 Å². The normalized spacial score (nSPS) is 10.2. The molecular formula is C10H22N2O. The van der Waals surface area contributed by atoms with E-state index in [2.05, 4.69) is 17.6 Å². The highest BCUT2D eigenvalue weighted by Crippen LogP contribution is 1.96. The van der Waals surface area contributed by atoms with Gasteiger partial charge in [-0.25, -0.2) is 4.79 Å². The average Bonchev–Trinajstić information content (AvgIpc) is 2.02. The van der Waals surface area contributed by atoms with E-state index in [0.29, 0.717) is 0 Å². The zero-order valence-corrected chi connectivity index (χ0v) is 9.02. The minimum absolute atomic E-state index is 0.0495. The van der Waals surface area contributed by atoms with Crippen LogP contribution >= 0.6 is 0 Å². The number of unbranched alkanes of at least 4 members (excludes halogenated alkanes) is 3. The molecule has 0 aromatic carbocycles. The highest BCUT2D eigenvalue weighted by molar-refractivity contribution is 5.73. The first kappa shape index (κ1) is 12.3. The largest absolute Gasteiger partial charge is 0.338 e. The third kappa shape index (κ3) is 9.18. The molecule has 2 amide bonds. The number of hydrogen-bond donors (Lipinski definition) is 2. The van der Waals surface area contributed by atoms with Gasteiger partial charge in [-0.15, -0.1) is 0 Å². The van der Waals surface area contributed by atoms with Crippen LogP contribution in [0.4, 0.5) is 4.79 Å². The van der Waals surface area contributed by atoms with Crippen LogP contribution in [0, 0.1) is 0 Å². The van der Waals surface area contributed by atoms with Gasteiger partial charge in [0.15, 0.2) is 0 Å². The molecule has 0 aliphatic rings. The van der Waals surface area contributed by atoms with Crippen molar-refractivity contribution < 1.29 is 4.79 Å². The minimum Gasteiger partial charge on any atom is -0.338 e. The van der Waals surface area contributed by atoms with Gasteiger partial charge in [-0.2, -0.15) is 0 Å². The lowest BCUT2D eigenvalue weighted by atomic mass is 10.2. The van der Waals surface area contributed by atoms with Gasteiger partial charge in [-0.05, 0) is 20.3 Å². The van der Waals surface area contributed by atoms with Crippen molar-refractivity contribution in [3.63, 3.8) is 0 Å². The Morgan fingerprint density at radius 3 is 2.46 bits per heavy atom. The Morgan fingerprint density at radius 2 is 1.92 bits per heavy atom. The molecular weight excluding hydrogens is 164 g/mol. The number of urea groups is 1. The molecule has 0 aliphatic heterocycles. The van der Waals surface area contributed by atoms with Gasteiger partial charge in [0.05, 0.1) is 0 Å². The fourth-order valence-corrected chi connectivity index (χ4v) is 1.07. The van der Waals surface area contributed by atoms with Crippen molar-refractivity contribution in [2.45, 2.75) is 52.5 Å². The predicted octanol–water partition coefficient (Wildman–Crippen LogP) is 2.27. The molecule has 2 N–H and O–H groups in total. The van der Waals surface area contributed by atoms with Crippen molar-refractivity contribution in [2.24, 2.45) is 0 Å². The molecule has 0 atom stereocenters. The molecule has 0 bridgehead atoms. The lowest BCUT2D eigenvalue weighted by molar-refractivity contribution is 0.238. The molecule has 0 rings (SSSR count). The monoisotopic (exact) mass is 186 g/mol. The lowest BCUT2D eigenvalue weighted by Gasteiger charge is -2.09. The van der Waals surface area contributed by atoms with Gasteiger partial charge in [0.25, 0.3) is 0 Å². The van der Waals surface area contributed by atoms with Gasteiger partial charge >= 0.3 is 6.03 Å². The molecule has 0 unspecified atom stereocenters.